The first kappa shape index (κ1) is 19.8. The van der Waals surface area contributed by atoms with E-state index in [2.05, 4.69) is 5.43 Å². The maximum Gasteiger partial charge on any atom is 0.270 e. The van der Waals surface area contributed by atoms with Crippen molar-refractivity contribution in [1.82, 2.24) is 10.3 Å². The molecule has 10 heteroatoms. The SMILES string of the molecule is COc1ccc(S(=O)(=O)NNC(=O)c2cc(Cl)ccc2OC)cc1OC. The summed E-state index contributed by atoms with van der Waals surface area (Å²) in [4.78, 5) is 14.2. The number of sulfonamides is 1. The van der Waals surface area contributed by atoms with Gasteiger partial charge in [-0.15, -0.1) is 4.83 Å². The van der Waals surface area contributed by atoms with Crippen molar-refractivity contribution in [2.45, 2.75) is 4.90 Å². The molecule has 1 amide bonds. The smallest absolute Gasteiger partial charge is 0.270 e. The Balaban J connectivity index is 2.20. The molecular weight excluding hydrogens is 384 g/mol. The first-order valence-electron chi connectivity index (χ1n) is 7.20. The van der Waals surface area contributed by atoms with Gasteiger partial charge in [-0.2, -0.15) is 0 Å². The number of methoxy groups -OCH3 is 3. The van der Waals surface area contributed by atoms with Gasteiger partial charge in [0.1, 0.15) is 5.75 Å². The Labute approximate surface area is 156 Å². The van der Waals surface area contributed by atoms with Crippen LogP contribution in [0.15, 0.2) is 41.3 Å². The van der Waals surface area contributed by atoms with Gasteiger partial charge in [-0.25, -0.2) is 8.42 Å². The van der Waals surface area contributed by atoms with Crippen LogP contribution in [0.2, 0.25) is 5.02 Å². The third kappa shape index (κ3) is 4.37. The summed E-state index contributed by atoms with van der Waals surface area (Å²) in [6.07, 6.45) is 0. The van der Waals surface area contributed by atoms with Crippen molar-refractivity contribution in [2.24, 2.45) is 0 Å². The second-order valence-electron chi connectivity index (χ2n) is 4.92. The highest BCUT2D eigenvalue weighted by Crippen LogP contribution is 2.29. The summed E-state index contributed by atoms with van der Waals surface area (Å²) in [7, 11) is 0.158. The van der Waals surface area contributed by atoms with Gasteiger partial charge in [0.25, 0.3) is 15.9 Å². The minimum absolute atomic E-state index is 0.0787. The van der Waals surface area contributed by atoms with E-state index in [0.29, 0.717) is 10.8 Å². The molecule has 0 aromatic heterocycles. The molecule has 0 aliphatic carbocycles. The molecule has 26 heavy (non-hydrogen) atoms. The van der Waals surface area contributed by atoms with Crippen LogP contribution in [0.25, 0.3) is 0 Å². The fraction of sp³-hybridized carbons (Fsp3) is 0.188. The van der Waals surface area contributed by atoms with Crippen molar-refractivity contribution < 1.29 is 27.4 Å². The second-order valence-corrected chi connectivity index (χ2v) is 7.04. The van der Waals surface area contributed by atoms with E-state index >= 15 is 0 Å². The number of carbonyl (C=O) groups is 1. The average Bonchev–Trinajstić information content (AvgIpc) is 2.65. The van der Waals surface area contributed by atoms with Crippen LogP contribution in [0.4, 0.5) is 0 Å². The summed E-state index contributed by atoms with van der Waals surface area (Å²) in [5.74, 6) is 0.128. The molecule has 8 nitrogen and oxygen atoms in total. The predicted molar refractivity (Wildman–Crippen MR) is 95.3 cm³/mol. The lowest BCUT2D eigenvalue weighted by Crippen LogP contribution is -2.41. The van der Waals surface area contributed by atoms with Gasteiger partial charge < -0.3 is 14.2 Å². The van der Waals surface area contributed by atoms with E-state index < -0.39 is 15.9 Å². The van der Waals surface area contributed by atoms with Crippen LogP contribution in [0, 0.1) is 0 Å². The molecule has 140 valence electrons. The van der Waals surface area contributed by atoms with E-state index in [0.717, 1.165) is 0 Å². The van der Waals surface area contributed by atoms with Crippen molar-refractivity contribution in [3.63, 3.8) is 0 Å². The fourth-order valence-electron chi connectivity index (χ4n) is 2.08. The molecule has 0 saturated heterocycles. The first-order valence-corrected chi connectivity index (χ1v) is 9.06. The van der Waals surface area contributed by atoms with Crippen molar-refractivity contribution in [2.75, 3.05) is 21.3 Å². The molecule has 2 N–H and O–H groups in total. The number of hydrazine groups is 1. The van der Waals surface area contributed by atoms with E-state index in [1.54, 1.807) is 6.07 Å². The van der Waals surface area contributed by atoms with Gasteiger partial charge in [-0.3, -0.25) is 10.2 Å². The summed E-state index contributed by atoms with van der Waals surface area (Å²) in [5, 5.41) is 0.304. The topological polar surface area (TPSA) is 103 Å². The highest BCUT2D eigenvalue weighted by molar-refractivity contribution is 7.89. The van der Waals surface area contributed by atoms with Crippen LogP contribution in [-0.2, 0) is 10.0 Å². The molecule has 2 rings (SSSR count). The maximum atomic E-state index is 12.4. The fourth-order valence-corrected chi connectivity index (χ4v) is 3.11. The molecule has 0 atom stereocenters. The number of benzene rings is 2. The summed E-state index contributed by atoms with van der Waals surface area (Å²) in [6.45, 7) is 0. The van der Waals surface area contributed by atoms with Gasteiger partial charge in [-0.05, 0) is 30.3 Å². The summed E-state index contributed by atoms with van der Waals surface area (Å²) < 4.78 is 40.0. The molecule has 0 fully saturated rings. The van der Waals surface area contributed by atoms with Crippen molar-refractivity contribution in [3.8, 4) is 17.2 Å². The minimum Gasteiger partial charge on any atom is -0.496 e. The van der Waals surface area contributed by atoms with Gasteiger partial charge in [0.2, 0.25) is 0 Å². The van der Waals surface area contributed by atoms with Gasteiger partial charge in [0, 0.05) is 11.1 Å². The van der Waals surface area contributed by atoms with Crippen LogP contribution in [0.1, 0.15) is 10.4 Å². The van der Waals surface area contributed by atoms with Crippen molar-refractivity contribution in [3.05, 3.63) is 47.0 Å². The maximum absolute atomic E-state index is 12.4. The summed E-state index contributed by atoms with van der Waals surface area (Å²) >= 11 is 5.87. The molecule has 0 aliphatic heterocycles. The number of ether oxygens (including phenoxy) is 3. The Morgan fingerprint density at radius 3 is 2.15 bits per heavy atom. The van der Waals surface area contributed by atoms with Crippen molar-refractivity contribution >= 4 is 27.5 Å². The lowest BCUT2D eigenvalue weighted by molar-refractivity contribution is 0.0942. The van der Waals surface area contributed by atoms with Gasteiger partial charge >= 0.3 is 0 Å². The number of hydrogen-bond acceptors (Lipinski definition) is 6. The normalized spacial score (nSPS) is 10.9. The highest BCUT2D eigenvalue weighted by atomic mass is 35.5. The number of hydrogen-bond donors (Lipinski definition) is 2. The number of nitrogens with one attached hydrogen (secondary N) is 2. The number of rotatable bonds is 7. The van der Waals surface area contributed by atoms with Crippen molar-refractivity contribution in [1.29, 1.82) is 0 Å². The molecular formula is C16H17ClN2O6S. The molecule has 0 aliphatic rings. The Kier molecular flexibility index (Phi) is 6.30. The van der Waals surface area contributed by atoms with Gasteiger partial charge in [0.05, 0.1) is 31.8 Å². The Morgan fingerprint density at radius 2 is 1.54 bits per heavy atom. The molecule has 0 radical (unpaired) electrons. The van der Waals surface area contributed by atoms with E-state index in [-0.39, 0.29) is 22.0 Å². The van der Waals surface area contributed by atoms with Crippen LogP contribution < -0.4 is 24.5 Å². The monoisotopic (exact) mass is 400 g/mol. The van der Waals surface area contributed by atoms with E-state index in [1.165, 1.54) is 51.7 Å². The average molecular weight is 401 g/mol. The number of carbonyl (C=O) groups excluding carboxylic acids is 1. The standard InChI is InChI=1S/C16H17ClN2O6S/c1-23-13-6-4-10(17)8-12(13)16(20)18-19-26(21,22)11-5-7-14(24-2)15(9-11)25-3/h4-9,19H,1-3H3,(H,18,20). The number of amides is 1. The lowest BCUT2D eigenvalue weighted by atomic mass is 10.2. The Hall–Kier alpha value is -2.49. The molecule has 0 spiro atoms. The Morgan fingerprint density at radius 1 is 0.923 bits per heavy atom. The van der Waals surface area contributed by atoms with Crippen LogP contribution in [0.3, 0.4) is 0 Å². The molecule has 0 saturated carbocycles. The van der Waals surface area contributed by atoms with Crippen LogP contribution >= 0.6 is 11.6 Å². The minimum atomic E-state index is -4.04. The molecule has 2 aromatic carbocycles. The zero-order chi connectivity index (χ0) is 19.3. The largest absolute Gasteiger partial charge is 0.496 e. The predicted octanol–water partition coefficient (Wildman–Crippen LogP) is 1.99. The zero-order valence-electron chi connectivity index (χ0n) is 14.2. The Bertz CT molecular complexity index is 917. The first-order chi connectivity index (χ1) is 12.3. The third-order valence-electron chi connectivity index (χ3n) is 3.37. The van der Waals surface area contributed by atoms with Crippen LogP contribution in [-0.4, -0.2) is 35.7 Å². The molecule has 0 heterocycles. The van der Waals surface area contributed by atoms with Crippen LogP contribution in [0.5, 0.6) is 17.2 Å². The van der Waals surface area contributed by atoms with Gasteiger partial charge in [-0.1, -0.05) is 11.6 Å². The summed E-state index contributed by atoms with van der Waals surface area (Å²) in [5.41, 5.74) is 2.20. The second kappa shape index (κ2) is 8.26. The quantitative estimate of drug-likeness (QED) is 0.689. The summed E-state index contributed by atoms with van der Waals surface area (Å²) in [6, 6.07) is 8.43. The zero-order valence-corrected chi connectivity index (χ0v) is 15.8. The molecule has 0 unspecified atom stereocenters. The van der Waals surface area contributed by atoms with E-state index in [4.69, 9.17) is 25.8 Å². The highest BCUT2D eigenvalue weighted by Gasteiger charge is 2.20. The van der Waals surface area contributed by atoms with E-state index in [1.807, 2.05) is 4.83 Å². The van der Waals surface area contributed by atoms with Gasteiger partial charge in [0.15, 0.2) is 11.5 Å². The molecule has 2 aromatic rings. The number of halogens is 1. The third-order valence-corrected chi connectivity index (χ3v) is 4.85. The lowest BCUT2D eigenvalue weighted by Gasteiger charge is -2.13. The molecule has 0 bridgehead atoms. The van der Waals surface area contributed by atoms with E-state index in [9.17, 15) is 13.2 Å².